The number of halogens is 1. The fraction of sp³-hybridized carbons (Fsp3) is 0.442. The first-order chi connectivity index (χ1) is 20.7. The Morgan fingerprint density at radius 1 is 0.578 bits per heavy atom. The van der Waals surface area contributed by atoms with Crippen LogP contribution in [0.2, 0.25) is 5.02 Å². The predicted molar refractivity (Wildman–Crippen MR) is 196 cm³/mol. The molecule has 45 heavy (non-hydrogen) atoms. The number of benzene rings is 4. The molecule has 4 aromatic rings. The van der Waals surface area contributed by atoms with Gasteiger partial charge in [-0.3, -0.25) is 0 Å². The van der Waals surface area contributed by atoms with E-state index in [0.29, 0.717) is 0 Å². The van der Waals surface area contributed by atoms with Crippen molar-refractivity contribution >= 4 is 28.7 Å². The van der Waals surface area contributed by atoms with Gasteiger partial charge < -0.3 is 4.90 Å². The Morgan fingerprint density at radius 3 is 1.69 bits per heavy atom. The van der Waals surface area contributed by atoms with Crippen LogP contribution in [-0.4, -0.2) is 0 Å². The van der Waals surface area contributed by atoms with Crippen molar-refractivity contribution in [3.8, 4) is 0 Å². The first kappa shape index (κ1) is 31.9. The molecule has 2 heteroatoms. The minimum Gasteiger partial charge on any atom is -0.310 e. The summed E-state index contributed by atoms with van der Waals surface area (Å²) in [6.07, 6.45) is 2.39. The Morgan fingerprint density at radius 2 is 1.11 bits per heavy atom. The second-order valence-corrected chi connectivity index (χ2v) is 17.7. The van der Waals surface area contributed by atoms with Gasteiger partial charge in [0.05, 0.1) is 0 Å². The summed E-state index contributed by atoms with van der Waals surface area (Å²) in [6, 6.07) is 27.8. The van der Waals surface area contributed by atoms with Gasteiger partial charge in [-0.25, -0.2) is 0 Å². The van der Waals surface area contributed by atoms with E-state index in [9.17, 15) is 0 Å². The topological polar surface area (TPSA) is 3.24 Å². The molecule has 2 aliphatic carbocycles. The van der Waals surface area contributed by atoms with Crippen LogP contribution in [0.5, 0.6) is 0 Å². The molecule has 6 rings (SSSR count). The van der Waals surface area contributed by atoms with E-state index in [1.54, 1.807) is 0 Å². The summed E-state index contributed by atoms with van der Waals surface area (Å²) in [7, 11) is 0. The van der Waals surface area contributed by atoms with Crippen LogP contribution in [0.4, 0.5) is 17.1 Å². The Bertz CT molecular complexity index is 1810. The Balaban J connectivity index is 1.65. The van der Waals surface area contributed by atoms with Gasteiger partial charge in [0.25, 0.3) is 0 Å². The quantitative estimate of drug-likeness (QED) is 0.221. The van der Waals surface area contributed by atoms with E-state index < -0.39 is 0 Å². The third-order valence-corrected chi connectivity index (χ3v) is 11.5. The molecular weight excluding hydrogens is 566 g/mol. The number of rotatable bonds is 3. The van der Waals surface area contributed by atoms with Crippen molar-refractivity contribution in [3.63, 3.8) is 0 Å². The lowest BCUT2D eigenvalue weighted by atomic mass is 9.60. The first-order valence-corrected chi connectivity index (χ1v) is 17.1. The smallest absolute Gasteiger partial charge is 0.0493 e. The van der Waals surface area contributed by atoms with Crippen LogP contribution in [0.15, 0.2) is 72.8 Å². The van der Waals surface area contributed by atoms with E-state index in [1.807, 2.05) is 0 Å². The molecular formula is C43H52ClN. The van der Waals surface area contributed by atoms with Gasteiger partial charge in [-0.15, -0.1) is 0 Å². The molecule has 0 bridgehead atoms. The van der Waals surface area contributed by atoms with E-state index in [0.717, 1.165) is 10.7 Å². The Kier molecular flexibility index (Phi) is 7.26. The first-order valence-electron chi connectivity index (χ1n) is 16.8. The van der Waals surface area contributed by atoms with E-state index >= 15 is 0 Å². The minimum absolute atomic E-state index is 0.0339. The molecule has 0 saturated heterocycles. The maximum Gasteiger partial charge on any atom is 0.0493 e. The lowest BCUT2D eigenvalue weighted by Crippen LogP contribution is -2.36. The van der Waals surface area contributed by atoms with E-state index in [-0.39, 0.29) is 27.1 Å². The molecule has 2 aliphatic rings. The SMILES string of the molecule is Cc1cc2c(cc1N(c1cc(Cl)cc(C(C)(C)C)c1)c1ccc3c(c1)C(C)(C)c1ccccc1C3(C)C)C(C)(C)CCC2(C)C. The van der Waals surface area contributed by atoms with Crippen LogP contribution in [0.25, 0.3) is 0 Å². The number of hydrogen-bond donors (Lipinski definition) is 0. The fourth-order valence-corrected chi connectivity index (χ4v) is 8.34. The normalized spacial score (nSPS) is 18.9. The minimum atomic E-state index is -0.134. The highest BCUT2D eigenvalue weighted by atomic mass is 35.5. The summed E-state index contributed by atoms with van der Waals surface area (Å²) in [4.78, 5) is 2.48. The Labute approximate surface area is 278 Å². The van der Waals surface area contributed by atoms with E-state index in [1.165, 1.54) is 68.7 Å². The average molecular weight is 618 g/mol. The molecule has 0 N–H and O–H groups in total. The van der Waals surface area contributed by atoms with Crippen molar-refractivity contribution in [3.05, 3.63) is 122 Å². The van der Waals surface area contributed by atoms with Crippen LogP contribution in [0.3, 0.4) is 0 Å². The van der Waals surface area contributed by atoms with Crippen LogP contribution in [-0.2, 0) is 27.1 Å². The summed E-state index contributed by atoms with van der Waals surface area (Å²) in [5.74, 6) is 0. The number of aryl methyl sites for hydroxylation is 1. The molecule has 0 heterocycles. The summed E-state index contributed by atoms with van der Waals surface area (Å²) < 4.78 is 0. The largest absolute Gasteiger partial charge is 0.310 e. The highest BCUT2D eigenvalue weighted by Gasteiger charge is 2.42. The maximum atomic E-state index is 6.94. The zero-order valence-electron chi connectivity index (χ0n) is 29.7. The number of anilines is 3. The van der Waals surface area contributed by atoms with Gasteiger partial charge >= 0.3 is 0 Å². The maximum absolute atomic E-state index is 6.94. The molecule has 0 amide bonds. The van der Waals surface area contributed by atoms with Crippen molar-refractivity contribution in [2.75, 3.05) is 4.90 Å². The zero-order chi connectivity index (χ0) is 32.9. The molecule has 0 fully saturated rings. The van der Waals surface area contributed by atoms with E-state index in [4.69, 9.17) is 11.6 Å². The zero-order valence-corrected chi connectivity index (χ0v) is 30.4. The van der Waals surface area contributed by atoms with Crippen molar-refractivity contribution in [2.24, 2.45) is 0 Å². The summed E-state index contributed by atoms with van der Waals surface area (Å²) in [5.41, 5.74) is 14.6. The van der Waals surface area contributed by atoms with Gasteiger partial charge in [-0.2, -0.15) is 0 Å². The molecule has 0 saturated carbocycles. The number of hydrogen-bond acceptors (Lipinski definition) is 1. The fourth-order valence-electron chi connectivity index (χ4n) is 8.11. The lowest BCUT2D eigenvalue weighted by Gasteiger charge is -2.45. The van der Waals surface area contributed by atoms with Crippen molar-refractivity contribution in [1.29, 1.82) is 0 Å². The molecule has 0 radical (unpaired) electrons. The van der Waals surface area contributed by atoms with Gasteiger partial charge in [0.1, 0.15) is 0 Å². The molecule has 0 aromatic heterocycles. The molecule has 0 atom stereocenters. The second kappa shape index (κ2) is 10.2. The third kappa shape index (κ3) is 5.14. The van der Waals surface area contributed by atoms with Gasteiger partial charge in [-0.05, 0) is 117 Å². The van der Waals surface area contributed by atoms with Gasteiger partial charge in [0, 0.05) is 32.9 Å². The summed E-state index contributed by atoms with van der Waals surface area (Å²) >= 11 is 6.94. The molecule has 1 nitrogen and oxygen atoms in total. The van der Waals surface area contributed by atoms with Gasteiger partial charge in [0.2, 0.25) is 0 Å². The van der Waals surface area contributed by atoms with Crippen LogP contribution >= 0.6 is 11.6 Å². The Hall–Kier alpha value is -3.03. The molecule has 4 aromatic carbocycles. The van der Waals surface area contributed by atoms with Gasteiger partial charge in [0.15, 0.2) is 0 Å². The second-order valence-electron chi connectivity index (χ2n) is 17.3. The molecule has 0 aliphatic heterocycles. The van der Waals surface area contributed by atoms with Crippen molar-refractivity contribution < 1.29 is 0 Å². The molecule has 0 unspecified atom stereocenters. The third-order valence-electron chi connectivity index (χ3n) is 11.3. The standard InChI is InChI=1S/C43H52ClN/c1-27-21-35-36(41(7,8)20-19-40(35,5)6)26-38(27)45(31-23-28(39(2,3)4)22-29(44)24-31)30-17-18-34-37(25-30)43(11,12)33-16-14-13-15-32(33)42(34,9)10/h13-18,21-26H,19-20H2,1-12H3. The van der Waals surface area contributed by atoms with E-state index in [2.05, 4.69) is 161 Å². The monoisotopic (exact) mass is 617 g/mol. The van der Waals surface area contributed by atoms with Crippen LogP contribution in [0, 0.1) is 6.92 Å². The number of fused-ring (bicyclic) bond motifs is 3. The highest BCUT2D eigenvalue weighted by molar-refractivity contribution is 6.31. The summed E-state index contributed by atoms with van der Waals surface area (Å²) in [5, 5.41) is 0.771. The molecule has 0 spiro atoms. The average Bonchev–Trinajstić information content (AvgIpc) is 2.95. The van der Waals surface area contributed by atoms with Crippen LogP contribution in [0.1, 0.15) is 134 Å². The van der Waals surface area contributed by atoms with Crippen molar-refractivity contribution in [1.82, 2.24) is 0 Å². The summed E-state index contributed by atoms with van der Waals surface area (Å²) in [6.45, 7) is 28.3. The lowest BCUT2D eigenvalue weighted by molar-refractivity contribution is 0.332. The molecule has 236 valence electrons. The predicted octanol–water partition coefficient (Wildman–Crippen LogP) is 12.7. The van der Waals surface area contributed by atoms with Gasteiger partial charge in [-0.1, -0.05) is 124 Å². The number of nitrogens with zero attached hydrogens (tertiary/aromatic N) is 1. The van der Waals surface area contributed by atoms with Crippen LogP contribution < -0.4 is 4.90 Å². The van der Waals surface area contributed by atoms with Crippen molar-refractivity contribution in [2.45, 2.75) is 123 Å². The highest BCUT2D eigenvalue weighted by Crippen LogP contribution is 2.53.